The second-order valence-electron chi connectivity index (χ2n) is 15.0. The maximum Gasteiger partial charge on any atom is 0.472 e. The van der Waals surface area contributed by atoms with Gasteiger partial charge in [0.15, 0.2) is 0 Å². The summed E-state index contributed by atoms with van der Waals surface area (Å²) in [5, 5.41) is 18.4. The van der Waals surface area contributed by atoms with E-state index in [-0.39, 0.29) is 19.6 Å². The molecule has 0 spiro atoms. The van der Waals surface area contributed by atoms with Gasteiger partial charge in [-0.05, 0) is 83.5 Å². The van der Waals surface area contributed by atoms with Crippen molar-refractivity contribution in [2.45, 2.75) is 193 Å². The minimum atomic E-state index is -4.53. The second kappa shape index (κ2) is 44.5. The molecule has 0 amide bonds. The number of phosphoric ester groups is 1. The number of carbonyl (C=O) groups excluding carboxylic acids is 1. The van der Waals surface area contributed by atoms with Gasteiger partial charge in [-0.2, -0.15) is 0 Å². The molecule has 336 valence electrons. The number of ether oxygens (including phenoxy) is 2. The van der Waals surface area contributed by atoms with Crippen LogP contribution in [0, 0.1) is 0 Å². The number of hydrogen-bond acceptors (Lipinski definition) is 8. The van der Waals surface area contributed by atoms with E-state index >= 15 is 0 Å². The smallest absolute Gasteiger partial charge is 0.457 e. The van der Waals surface area contributed by atoms with Crippen molar-refractivity contribution in [3.05, 3.63) is 72.9 Å². The minimum Gasteiger partial charge on any atom is -0.457 e. The number of aliphatic hydroxyl groups is 2. The summed E-state index contributed by atoms with van der Waals surface area (Å²) in [7, 11) is -4.53. The van der Waals surface area contributed by atoms with E-state index in [1.165, 1.54) is 57.8 Å². The highest BCUT2D eigenvalue weighted by molar-refractivity contribution is 7.47. The molecule has 0 aromatic rings. The molecule has 0 heterocycles. The molecule has 3 unspecified atom stereocenters. The van der Waals surface area contributed by atoms with Crippen molar-refractivity contribution in [2.24, 2.45) is 0 Å². The topological polar surface area (TPSA) is 132 Å². The Hall–Kier alpha value is -2.10. The van der Waals surface area contributed by atoms with Gasteiger partial charge < -0.3 is 24.6 Å². The highest BCUT2D eigenvalue weighted by atomic mass is 31.2. The van der Waals surface area contributed by atoms with E-state index in [1.54, 1.807) is 0 Å². The molecule has 9 nitrogen and oxygen atoms in total. The van der Waals surface area contributed by atoms with Crippen LogP contribution in [0.5, 0.6) is 0 Å². The van der Waals surface area contributed by atoms with E-state index in [9.17, 15) is 19.4 Å². The van der Waals surface area contributed by atoms with Crippen LogP contribution in [0.25, 0.3) is 0 Å². The van der Waals surface area contributed by atoms with Gasteiger partial charge in [0.1, 0.15) is 12.2 Å². The lowest BCUT2D eigenvalue weighted by atomic mass is 10.1. The van der Waals surface area contributed by atoms with Gasteiger partial charge in [-0.25, -0.2) is 4.57 Å². The van der Waals surface area contributed by atoms with Gasteiger partial charge in [0.25, 0.3) is 0 Å². The van der Waals surface area contributed by atoms with Gasteiger partial charge in [0, 0.05) is 13.0 Å². The molecular formula is C48H85O9P. The molecule has 0 fully saturated rings. The van der Waals surface area contributed by atoms with E-state index < -0.39 is 39.2 Å². The number of aliphatic hydroxyl groups excluding tert-OH is 2. The quantitative estimate of drug-likeness (QED) is 0.0238. The van der Waals surface area contributed by atoms with Crippen LogP contribution >= 0.6 is 7.82 Å². The second-order valence-corrected chi connectivity index (χ2v) is 16.5. The summed E-state index contributed by atoms with van der Waals surface area (Å²) >= 11 is 0. The Bertz CT molecular complexity index is 1130. The van der Waals surface area contributed by atoms with E-state index in [2.05, 4.69) is 86.8 Å². The zero-order valence-corrected chi connectivity index (χ0v) is 37.6. The molecule has 0 rings (SSSR count). The largest absolute Gasteiger partial charge is 0.472 e. The Labute approximate surface area is 354 Å². The molecular weight excluding hydrogens is 751 g/mol. The van der Waals surface area contributed by atoms with E-state index in [4.69, 9.17) is 23.6 Å². The van der Waals surface area contributed by atoms with Crippen molar-refractivity contribution in [1.82, 2.24) is 0 Å². The average Bonchev–Trinajstić information content (AvgIpc) is 3.21. The first-order chi connectivity index (χ1) is 28.3. The van der Waals surface area contributed by atoms with Gasteiger partial charge >= 0.3 is 13.8 Å². The van der Waals surface area contributed by atoms with Crippen molar-refractivity contribution in [1.29, 1.82) is 0 Å². The standard InChI is InChI=1S/C48H85O9P/c1-3-5-7-9-11-13-15-17-19-21-23-24-26-28-30-32-34-36-38-40-48(51)57-47(45-56-58(52,53)55-43-46(50)42-49)44-54-41-39-37-35-33-31-29-27-25-22-20-18-16-14-12-10-8-6-4-2/h6,8,11-14,17-20,23-24,46-47,49-50H,3-5,7,9-10,15-16,21-22,25-45H2,1-2H3,(H,52,53)/b8-6-,13-11-,14-12-,19-17-,20-18-,24-23-. The third-order valence-corrected chi connectivity index (χ3v) is 10.3. The summed E-state index contributed by atoms with van der Waals surface area (Å²) < 4.78 is 33.4. The zero-order valence-electron chi connectivity index (χ0n) is 36.7. The monoisotopic (exact) mass is 837 g/mol. The first-order valence-corrected chi connectivity index (χ1v) is 24.4. The van der Waals surface area contributed by atoms with Crippen LogP contribution in [-0.2, 0) is 27.9 Å². The average molecular weight is 837 g/mol. The normalized spacial score (nSPS) is 14.6. The minimum absolute atomic E-state index is 0.0350. The van der Waals surface area contributed by atoms with Crippen molar-refractivity contribution in [2.75, 3.05) is 33.0 Å². The third kappa shape index (κ3) is 43.5. The molecule has 0 saturated heterocycles. The molecule has 0 aliphatic carbocycles. The number of carbonyl (C=O) groups is 1. The van der Waals surface area contributed by atoms with Crippen LogP contribution in [0.3, 0.4) is 0 Å². The molecule has 3 N–H and O–H groups in total. The van der Waals surface area contributed by atoms with Crippen molar-refractivity contribution >= 4 is 13.8 Å². The summed E-state index contributed by atoms with van der Waals surface area (Å²) in [6.07, 6.45) is 52.8. The first kappa shape index (κ1) is 55.9. The highest BCUT2D eigenvalue weighted by Gasteiger charge is 2.26. The van der Waals surface area contributed by atoms with Crippen LogP contribution in [-0.4, -0.2) is 66.3 Å². The molecule has 0 bridgehead atoms. The van der Waals surface area contributed by atoms with Crippen LogP contribution in [0.2, 0.25) is 0 Å². The van der Waals surface area contributed by atoms with Gasteiger partial charge in [-0.3, -0.25) is 13.8 Å². The van der Waals surface area contributed by atoms with Crippen molar-refractivity contribution < 1.29 is 43.0 Å². The number of allylic oxidation sites excluding steroid dienone is 12. The zero-order chi connectivity index (χ0) is 42.5. The Morgan fingerprint density at radius 3 is 1.48 bits per heavy atom. The molecule has 0 aliphatic heterocycles. The highest BCUT2D eigenvalue weighted by Crippen LogP contribution is 2.43. The Morgan fingerprint density at radius 1 is 0.552 bits per heavy atom. The number of esters is 1. The van der Waals surface area contributed by atoms with Crippen LogP contribution in [0.4, 0.5) is 0 Å². The fraction of sp³-hybridized carbons (Fsp3) is 0.729. The Balaban J connectivity index is 4.20. The van der Waals surface area contributed by atoms with Gasteiger partial charge in [0.2, 0.25) is 0 Å². The molecule has 0 aromatic heterocycles. The lowest BCUT2D eigenvalue weighted by molar-refractivity contribution is -0.154. The SMILES string of the molecule is CC/C=C\C/C=C\C/C=C\CCCCCCCCCCOCC(COP(=O)(O)OCC(O)CO)OC(=O)CCCCCCCC/C=C\C/C=C\C/C=C\CCCCC. The summed E-state index contributed by atoms with van der Waals surface area (Å²) in [5.41, 5.74) is 0. The van der Waals surface area contributed by atoms with Crippen LogP contribution in [0.15, 0.2) is 72.9 Å². The van der Waals surface area contributed by atoms with Gasteiger partial charge in [-0.1, -0.05) is 164 Å². The van der Waals surface area contributed by atoms with E-state index in [1.807, 2.05) is 0 Å². The molecule has 0 saturated carbocycles. The number of rotatable bonds is 43. The Morgan fingerprint density at radius 2 is 0.983 bits per heavy atom. The molecule has 0 radical (unpaired) electrons. The molecule has 0 aromatic carbocycles. The lowest BCUT2D eigenvalue weighted by Crippen LogP contribution is -2.29. The van der Waals surface area contributed by atoms with Gasteiger partial charge in [0.05, 0.1) is 26.4 Å². The third-order valence-electron chi connectivity index (χ3n) is 9.38. The van der Waals surface area contributed by atoms with Crippen molar-refractivity contribution in [3.8, 4) is 0 Å². The molecule has 10 heteroatoms. The molecule has 3 atom stereocenters. The maximum atomic E-state index is 12.6. The molecule has 58 heavy (non-hydrogen) atoms. The fourth-order valence-corrected chi connectivity index (χ4v) is 6.70. The number of hydrogen-bond donors (Lipinski definition) is 3. The molecule has 0 aliphatic rings. The summed E-state index contributed by atoms with van der Waals surface area (Å²) in [6, 6.07) is 0. The summed E-state index contributed by atoms with van der Waals surface area (Å²) in [6.45, 7) is 3.34. The predicted octanol–water partition coefficient (Wildman–Crippen LogP) is 12.9. The first-order valence-electron chi connectivity index (χ1n) is 22.9. The summed E-state index contributed by atoms with van der Waals surface area (Å²) in [5.74, 6) is -0.400. The number of unbranched alkanes of at least 4 members (excludes halogenated alkanes) is 17. The summed E-state index contributed by atoms with van der Waals surface area (Å²) in [4.78, 5) is 22.6. The van der Waals surface area contributed by atoms with E-state index in [0.717, 1.165) is 96.3 Å². The van der Waals surface area contributed by atoms with Crippen molar-refractivity contribution in [3.63, 3.8) is 0 Å². The predicted molar refractivity (Wildman–Crippen MR) is 242 cm³/mol. The van der Waals surface area contributed by atoms with Crippen LogP contribution < -0.4 is 0 Å². The van der Waals surface area contributed by atoms with Crippen LogP contribution in [0.1, 0.15) is 181 Å². The van der Waals surface area contributed by atoms with E-state index in [0.29, 0.717) is 13.0 Å². The fourth-order valence-electron chi connectivity index (χ4n) is 5.91. The number of phosphoric acid groups is 1. The Kier molecular flexibility index (Phi) is 42.8. The lowest BCUT2D eigenvalue weighted by Gasteiger charge is -2.20. The maximum absolute atomic E-state index is 12.6. The van der Waals surface area contributed by atoms with Gasteiger partial charge in [-0.15, -0.1) is 0 Å².